The molecule has 0 spiro atoms. The smallest absolute Gasteiger partial charge is 0.323 e. The molecule has 0 bridgehead atoms. The highest BCUT2D eigenvalue weighted by molar-refractivity contribution is 6.11. The van der Waals surface area contributed by atoms with Crippen LogP contribution in [0.15, 0.2) is 54.6 Å². The van der Waals surface area contributed by atoms with Crippen LogP contribution in [0.3, 0.4) is 0 Å². The molecule has 1 unspecified atom stereocenters. The summed E-state index contributed by atoms with van der Waals surface area (Å²) >= 11 is 0. The molecule has 5 amide bonds. The lowest BCUT2D eigenvalue weighted by Crippen LogP contribution is -2.42. The van der Waals surface area contributed by atoms with Crippen LogP contribution in [0, 0.1) is 0 Å². The summed E-state index contributed by atoms with van der Waals surface area (Å²) in [6, 6.07) is 15.3. The van der Waals surface area contributed by atoms with E-state index in [0.717, 1.165) is 11.3 Å². The molecular formula is C22H22N4O4. The zero-order valence-electron chi connectivity index (χ0n) is 16.6. The molecule has 8 nitrogen and oxygen atoms in total. The maximum absolute atomic E-state index is 13.0. The van der Waals surface area contributed by atoms with Crippen LogP contribution in [0.25, 0.3) is 0 Å². The third-order valence-electron chi connectivity index (χ3n) is 5.47. The van der Waals surface area contributed by atoms with Gasteiger partial charge in [-0.25, -0.2) is 4.79 Å². The van der Waals surface area contributed by atoms with Gasteiger partial charge in [0.05, 0.1) is 11.4 Å². The second kappa shape index (κ2) is 7.62. The maximum atomic E-state index is 13.0. The first kappa shape index (κ1) is 19.6. The number of nitrogens with one attached hydrogen (secondary N) is 2. The lowest BCUT2D eigenvalue weighted by Gasteiger charge is -2.22. The number of para-hydroxylation sites is 2. The van der Waals surface area contributed by atoms with Crippen molar-refractivity contribution < 1.29 is 19.2 Å². The van der Waals surface area contributed by atoms with Gasteiger partial charge in [0.2, 0.25) is 11.8 Å². The summed E-state index contributed by atoms with van der Waals surface area (Å²) in [7, 11) is 0. The first-order chi connectivity index (χ1) is 14.4. The van der Waals surface area contributed by atoms with Crippen LogP contribution in [0.5, 0.6) is 0 Å². The number of benzene rings is 2. The van der Waals surface area contributed by atoms with Crippen LogP contribution in [-0.2, 0) is 19.9 Å². The Morgan fingerprint density at radius 3 is 2.47 bits per heavy atom. The van der Waals surface area contributed by atoms with Gasteiger partial charge in [0, 0.05) is 13.0 Å². The third kappa shape index (κ3) is 3.41. The summed E-state index contributed by atoms with van der Waals surface area (Å²) in [5.41, 5.74) is 0.498. The molecule has 0 radical (unpaired) electrons. The molecular weight excluding hydrogens is 384 g/mol. The monoisotopic (exact) mass is 406 g/mol. The fourth-order valence-electron chi connectivity index (χ4n) is 3.86. The van der Waals surface area contributed by atoms with Gasteiger partial charge in [0.25, 0.3) is 5.91 Å². The molecule has 2 aromatic carbocycles. The van der Waals surface area contributed by atoms with Gasteiger partial charge in [-0.3, -0.25) is 19.3 Å². The zero-order valence-corrected chi connectivity index (χ0v) is 16.6. The minimum Gasteiger partial charge on any atom is -0.323 e. The molecule has 2 saturated heterocycles. The van der Waals surface area contributed by atoms with Gasteiger partial charge < -0.3 is 15.5 Å². The fraction of sp³-hybridized carbons (Fsp3) is 0.273. The zero-order chi connectivity index (χ0) is 21.3. The molecule has 2 fully saturated rings. The van der Waals surface area contributed by atoms with E-state index in [1.165, 1.54) is 0 Å². The molecule has 0 saturated carbocycles. The van der Waals surface area contributed by atoms with Crippen LogP contribution in [0.4, 0.5) is 16.2 Å². The molecule has 2 aliphatic rings. The number of anilines is 2. The van der Waals surface area contributed by atoms with Gasteiger partial charge in [-0.15, -0.1) is 0 Å². The number of imide groups is 1. The summed E-state index contributed by atoms with van der Waals surface area (Å²) < 4.78 is 0. The molecule has 0 aliphatic carbocycles. The third-order valence-corrected chi connectivity index (χ3v) is 5.47. The van der Waals surface area contributed by atoms with E-state index in [1.807, 2.05) is 6.07 Å². The molecule has 4 rings (SSSR count). The van der Waals surface area contributed by atoms with E-state index in [-0.39, 0.29) is 5.91 Å². The first-order valence-electron chi connectivity index (χ1n) is 9.79. The number of hydrogen-bond donors (Lipinski definition) is 2. The van der Waals surface area contributed by atoms with Crippen molar-refractivity contribution in [1.29, 1.82) is 0 Å². The first-order valence-corrected chi connectivity index (χ1v) is 9.79. The molecule has 2 N–H and O–H groups in total. The Bertz CT molecular complexity index is 1020. The van der Waals surface area contributed by atoms with Gasteiger partial charge >= 0.3 is 6.03 Å². The van der Waals surface area contributed by atoms with Gasteiger partial charge in [0.1, 0.15) is 12.1 Å². The quantitative estimate of drug-likeness (QED) is 0.744. The van der Waals surface area contributed by atoms with E-state index in [1.54, 1.807) is 60.4 Å². The lowest BCUT2D eigenvalue weighted by atomic mass is 9.92. The minimum atomic E-state index is -1.22. The Hall–Kier alpha value is -3.68. The predicted octanol–water partition coefficient (Wildman–Crippen LogP) is 2.22. The van der Waals surface area contributed by atoms with Crippen molar-refractivity contribution in [1.82, 2.24) is 10.2 Å². The van der Waals surface area contributed by atoms with E-state index < -0.39 is 29.9 Å². The lowest BCUT2D eigenvalue weighted by molar-refractivity contribution is -0.133. The van der Waals surface area contributed by atoms with Crippen molar-refractivity contribution in [2.45, 2.75) is 25.3 Å². The molecule has 0 aromatic heterocycles. The number of rotatable bonds is 5. The number of urea groups is 1. The van der Waals surface area contributed by atoms with Gasteiger partial charge in [0.15, 0.2) is 0 Å². The van der Waals surface area contributed by atoms with Crippen molar-refractivity contribution in [3.05, 3.63) is 60.2 Å². The van der Waals surface area contributed by atoms with Gasteiger partial charge in [-0.1, -0.05) is 42.5 Å². The Labute approximate surface area is 173 Å². The highest BCUT2D eigenvalue weighted by Gasteiger charge is 2.49. The Balaban J connectivity index is 1.50. The normalized spacial score (nSPS) is 21.2. The molecule has 1 atom stereocenters. The second-order valence-corrected chi connectivity index (χ2v) is 7.53. The molecule has 8 heteroatoms. The van der Waals surface area contributed by atoms with Gasteiger partial charge in [-0.2, -0.15) is 0 Å². The maximum Gasteiger partial charge on any atom is 0.325 e. The van der Waals surface area contributed by atoms with Crippen molar-refractivity contribution in [2.24, 2.45) is 0 Å². The predicted molar refractivity (Wildman–Crippen MR) is 111 cm³/mol. The topological polar surface area (TPSA) is 98.8 Å². The Morgan fingerprint density at radius 1 is 1.07 bits per heavy atom. The van der Waals surface area contributed by atoms with E-state index in [9.17, 15) is 19.2 Å². The van der Waals surface area contributed by atoms with Crippen molar-refractivity contribution >= 4 is 35.1 Å². The Kier molecular flexibility index (Phi) is 4.99. The number of carbonyl (C=O) groups is 4. The number of amides is 5. The number of hydrogen-bond acceptors (Lipinski definition) is 4. The van der Waals surface area contributed by atoms with Crippen molar-refractivity contribution in [2.75, 3.05) is 23.3 Å². The van der Waals surface area contributed by atoms with E-state index in [2.05, 4.69) is 10.6 Å². The molecule has 2 heterocycles. The highest BCUT2D eigenvalue weighted by Crippen LogP contribution is 2.30. The summed E-state index contributed by atoms with van der Waals surface area (Å²) in [5.74, 6) is -1.00. The van der Waals surface area contributed by atoms with Crippen LogP contribution in [0.1, 0.15) is 25.3 Å². The summed E-state index contributed by atoms with van der Waals surface area (Å²) in [4.78, 5) is 52.7. The van der Waals surface area contributed by atoms with Crippen LogP contribution < -0.4 is 15.5 Å². The van der Waals surface area contributed by atoms with E-state index >= 15 is 0 Å². The molecule has 154 valence electrons. The van der Waals surface area contributed by atoms with Crippen LogP contribution in [-0.4, -0.2) is 41.7 Å². The summed E-state index contributed by atoms with van der Waals surface area (Å²) in [6.07, 6.45) is 1.24. The summed E-state index contributed by atoms with van der Waals surface area (Å²) in [5, 5.41) is 5.42. The fourth-order valence-corrected chi connectivity index (χ4v) is 3.86. The average Bonchev–Trinajstić information content (AvgIpc) is 3.26. The molecule has 2 aromatic rings. The Morgan fingerprint density at radius 2 is 1.77 bits per heavy atom. The molecule has 2 aliphatic heterocycles. The largest absolute Gasteiger partial charge is 0.325 e. The summed E-state index contributed by atoms with van der Waals surface area (Å²) in [6.45, 7) is 1.79. The van der Waals surface area contributed by atoms with E-state index in [4.69, 9.17) is 0 Å². The average molecular weight is 406 g/mol. The highest BCUT2D eigenvalue weighted by atomic mass is 16.2. The van der Waals surface area contributed by atoms with Crippen LogP contribution in [0.2, 0.25) is 0 Å². The standard InChI is InChI=1S/C22H22N4O4/c1-22(15-8-3-2-4-9-15)20(29)26(21(30)24-22)14-18(27)23-16-10-5-6-11-17(16)25-13-7-12-19(25)28/h2-6,8-11H,7,12-14H2,1H3,(H,23,27)(H,24,30). The minimum absolute atomic E-state index is 0.00410. The number of nitrogens with zero attached hydrogens (tertiary/aromatic N) is 2. The van der Waals surface area contributed by atoms with E-state index in [0.29, 0.717) is 29.9 Å². The van der Waals surface area contributed by atoms with Crippen LogP contribution >= 0.6 is 0 Å². The number of carbonyl (C=O) groups excluding carboxylic acids is 4. The second-order valence-electron chi connectivity index (χ2n) is 7.53. The molecule has 30 heavy (non-hydrogen) atoms. The van der Waals surface area contributed by atoms with Gasteiger partial charge in [-0.05, 0) is 31.0 Å². The van der Waals surface area contributed by atoms with Crippen molar-refractivity contribution in [3.8, 4) is 0 Å². The SMILES string of the molecule is CC1(c2ccccc2)NC(=O)N(CC(=O)Nc2ccccc2N2CCCC2=O)C1=O. The van der Waals surface area contributed by atoms with Crippen molar-refractivity contribution in [3.63, 3.8) is 0 Å².